The Hall–Kier alpha value is -0.570. The van der Waals surface area contributed by atoms with E-state index in [0.717, 1.165) is 13.2 Å². The summed E-state index contributed by atoms with van der Waals surface area (Å²) in [5, 5.41) is 0. The van der Waals surface area contributed by atoms with Gasteiger partial charge in [-0.2, -0.15) is 0 Å². The van der Waals surface area contributed by atoms with Gasteiger partial charge in [0.1, 0.15) is 0 Å². The highest BCUT2D eigenvalue weighted by Gasteiger charge is 2.43. The third kappa shape index (κ3) is 1.44. The third-order valence-corrected chi connectivity index (χ3v) is 3.95. The Kier molecular flexibility index (Phi) is 2.52. The molecule has 3 nitrogen and oxygen atoms in total. The molecule has 0 aromatic heterocycles. The summed E-state index contributed by atoms with van der Waals surface area (Å²) >= 11 is 0. The van der Waals surface area contributed by atoms with Crippen molar-refractivity contribution in [2.24, 2.45) is 23.7 Å². The zero-order chi connectivity index (χ0) is 10.3. The van der Waals surface area contributed by atoms with E-state index in [1.807, 2.05) is 11.9 Å². The first kappa shape index (κ1) is 9.97. The molecule has 2 rings (SSSR count). The summed E-state index contributed by atoms with van der Waals surface area (Å²) in [6.07, 6.45) is 0. The number of fused-ring (bicyclic) bond motifs is 1. The molecule has 0 bridgehead atoms. The van der Waals surface area contributed by atoms with E-state index in [0.29, 0.717) is 24.4 Å². The van der Waals surface area contributed by atoms with Crippen LogP contribution in [-0.2, 0) is 9.53 Å². The molecule has 2 fully saturated rings. The van der Waals surface area contributed by atoms with E-state index in [-0.39, 0.29) is 11.8 Å². The molecule has 80 valence electrons. The molecule has 0 unspecified atom stereocenters. The fourth-order valence-electron chi connectivity index (χ4n) is 2.74. The summed E-state index contributed by atoms with van der Waals surface area (Å²) in [4.78, 5) is 13.8. The quantitative estimate of drug-likeness (QED) is 0.579. The lowest BCUT2D eigenvalue weighted by Crippen LogP contribution is -2.34. The van der Waals surface area contributed by atoms with Gasteiger partial charge in [-0.15, -0.1) is 0 Å². The smallest absolute Gasteiger partial charge is 0.228 e. The van der Waals surface area contributed by atoms with Crippen molar-refractivity contribution < 1.29 is 9.53 Å². The number of carbonyl (C=O) groups excluding carboxylic acids is 1. The summed E-state index contributed by atoms with van der Waals surface area (Å²) in [6, 6.07) is 0. The van der Waals surface area contributed by atoms with Crippen LogP contribution in [0.25, 0.3) is 0 Å². The Bertz CT molecular complexity index is 241. The van der Waals surface area contributed by atoms with Crippen LogP contribution in [0.4, 0.5) is 0 Å². The van der Waals surface area contributed by atoms with Crippen molar-refractivity contribution in [3.8, 4) is 0 Å². The zero-order valence-electron chi connectivity index (χ0n) is 9.19. The average molecular weight is 197 g/mol. The molecule has 0 aromatic carbocycles. The normalized spacial score (nSPS) is 43.6. The number of hydrogen-bond acceptors (Lipinski definition) is 2. The first-order valence-corrected chi connectivity index (χ1v) is 5.44. The number of amides is 1. The fraction of sp³-hybridized carbons (Fsp3) is 0.909. The van der Waals surface area contributed by atoms with Gasteiger partial charge in [0.15, 0.2) is 0 Å². The Morgan fingerprint density at radius 2 is 2.07 bits per heavy atom. The van der Waals surface area contributed by atoms with Gasteiger partial charge in [-0.1, -0.05) is 13.8 Å². The molecule has 4 atom stereocenters. The number of ether oxygens (including phenoxy) is 1. The molecule has 0 radical (unpaired) electrons. The molecule has 0 N–H and O–H groups in total. The van der Waals surface area contributed by atoms with Crippen molar-refractivity contribution >= 4 is 5.91 Å². The van der Waals surface area contributed by atoms with Gasteiger partial charge in [-0.05, 0) is 17.8 Å². The predicted molar refractivity (Wildman–Crippen MR) is 53.8 cm³/mol. The van der Waals surface area contributed by atoms with E-state index in [1.165, 1.54) is 0 Å². The lowest BCUT2D eigenvalue weighted by Gasteiger charge is -2.23. The molecular formula is C11H19NO2. The maximum atomic E-state index is 12.0. The van der Waals surface area contributed by atoms with Gasteiger partial charge in [-0.3, -0.25) is 4.79 Å². The van der Waals surface area contributed by atoms with Crippen molar-refractivity contribution in [3.05, 3.63) is 0 Å². The molecule has 1 amide bonds. The first-order chi connectivity index (χ1) is 6.61. The van der Waals surface area contributed by atoms with Crippen LogP contribution >= 0.6 is 0 Å². The number of rotatable bonds is 0. The molecule has 3 heteroatoms. The van der Waals surface area contributed by atoms with E-state index in [9.17, 15) is 4.79 Å². The summed E-state index contributed by atoms with van der Waals surface area (Å²) in [6.45, 7) is 6.78. The van der Waals surface area contributed by atoms with Crippen LogP contribution in [0.3, 0.4) is 0 Å². The second-order valence-electron chi connectivity index (χ2n) is 4.86. The SMILES string of the molecule is C[C@H]1[C@H]2COC[C@H]2C(=O)N(C)C[C@H]1C. The Morgan fingerprint density at radius 3 is 2.79 bits per heavy atom. The second-order valence-corrected chi connectivity index (χ2v) is 4.86. The number of hydrogen-bond donors (Lipinski definition) is 0. The number of carbonyl (C=O) groups is 1. The summed E-state index contributed by atoms with van der Waals surface area (Å²) in [5.41, 5.74) is 0. The van der Waals surface area contributed by atoms with Crippen molar-refractivity contribution in [3.63, 3.8) is 0 Å². The van der Waals surface area contributed by atoms with Crippen molar-refractivity contribution in [1.82, 2.24) is 4.90 Å². The van der Waals surface area contributed by atoms with Gasteiger partial charge in [0.2, 0.25) is 5.91 Å². The lowest BCUT2D eigenvalue weighted by atomic mass is 9.79. The van der Waals surface area contributed by atoms with Gasteiger partial charge in [0.05, 0.1) is 19.1 Å². The molecule has 2 aliphatic rings. The fourth-order valence-corrected chi connectivity index (χ4v) is 2.74. The first-order valence-electron chi connectivity index (χ1n) is 5.44. The number of likely N-dealkylation sites (tertiary alicyclic amines) is 1. The van der Waals surface area contributed by atoms with Gasteiger partial charge in [0.25, 0.3) is 0 Å². The highest BCUT2D eigenvalue weighted by atomic mass is 16.5. The minimum Gasteiger partial charge on any atom is -0.380 e. The zero-order valence-corrected chi connectivity index (χ0v) is 9.19. The largest absolute Gasteiger partial charge is 0.380 e. The minimum absolute atomic E-state index is 0.125. The van der Waals surface area contributed by atoms with E-state index < -0.39 is 0 Å². The third-order valence-electron chi connectivity index (χ3n) is 3.95. The molecule has 0 saturated carbocycles. The summed E-state index contributed by atoms with van der Waals surface area (Å²) in [5.74, 6) is 2.03. The van der Waals surface area contributed by atoms with Crippen LogP contribution in [0.2, 0.25) is 0 Å². The maximum Gasteiger partial charge on any atom is 0.228 e. The molecule has 0 spiro atoms. The van der Waals surface area contributed by atoms with Crippen LogP contribution in [-0.4, -0.2) is 37.6 Å². The summed E-state index contributed by atoms with van der Waals surface area (Å²) < 4.78 is 5.44. The van der Waals surface area contributed by atoms with Gasteiger partial charge >= 0.3 is 0 Å². The molecule has 2 saturated heterocycles. The highest BCUT2D eigenvalue weighted by Crippen LogP contribution is 2.36. The van der Waals surface area contributed by atoms with E-state index in [2.05, 4.69) is 13.8 Å². The molecule has 14 heavy (non-hydrogen) atoms. The topological polar surface area (TPSA) is 29.5 Å². The Morgan fingerprint density at radius 1 is 1.36 bits per heavy atom. The molecule has 0 aliphatic carbocycles. The van der Waals surface area contributed by atoms with Crippen LogP contribution in [0, 0.1) is 23.7 Å². The standard InChI is InChI=1S/C11H19NO2/c1-7-4-12(3)11(13)10-6-14-5-9(10)8(7)2/h7-10H,4-6H2,1-3H3/t7-,8-,9-,10-/m1/s1. The van der Waals surface area contributed by atoms with Gasteiger partial charge < -0.3 is 9.64 Å². The van der Waals surface area contributed by atoms with Gasteiger partial charge in [0, 0.05) is 13.6 Å². The monoisotopic (exact) mass is 197 g/mol. The second kappa shape index (κ2) is 3.54. The minimum atomic E-state index is 0.125. The average Bonchev–Trinajstić information content (AvgIpc) is 2.60. The van der Waals surface area contributed by atoms with Crippen LogP contribution in [0.1, 0.15) is 13.8 Å². The molecule has 2 aliphatic heterocycles. The highest BCUT2D eigenvalue weighted by molar-refractivity contribution is 5.79. The number of nitrogens with zero attached hydrogens (tertiary/aromatic N) is 1. The molecular weight excluding hydrogens is 178 g/mol. The Balaban J connectivity index is 2.24. The van der Waals surface area contributed by atoms with Crippen LogP contribution in [0.5, 0.6) is 0 Å². The molecule has 2 heterocycles. The Labute approximate surface area is 85.4 Å². The van der Waals surface area contributed by atoms with Crippen LogP contribution < -0.4 is 0 Å². The van der Waals surface area contributed by atoms with Crippen molar-refractivity contribution in [2.75, 3.05) is 26.8 Å². The van der Waals surface area contributed by atoms with E-state index in [1.54, 1.807) is 0 Å². The summed E-state index contributed by atoms with van der Waals surface area (Å²) in [7, 11) is 1.91. The van der Waals surface area contributed by atoms with Gasteiger partial charge in [-0.25, -0.2) is 0 Å². The van der Waals surface area contributed by atoms with E-state index in [4.69, 9.17) is 4.74 Å². The van der Waals surface area contributed by atoms with E-state index >= 15 is 0 Å². The molecule has 0 aromatic rings. The predicted octanol–water partition coefficient (Wildman–Crippen LogP) is 0.993. The van der Waals surface area contributed by atoms with Crippen molar-refractivity contribution in [2.45, 2.75) is 13.8 Å². The maximum absolute atomic E-state index is 12.0. The lowest BCUT2D eigenvalue weighted by molar-refractivity contribution is -0.134. The van der Waals surface area contributed by atoms with Crippen molar-refractivity contribution in [1.29, 1.82) is 0 Å². The van der Waals surface area contributed by atoms with Crippen LogP contribution in [0.15, 0.2) is 0 Å².